The van der Waals surface area contributed by atoms with Gasteiger partial charge >= 0.3 is 0 Å². The molecule has 144 valence electrons. The SMILES string of the molecule is CCn1c(SCC(=O)NN=Cc2cccc(Cl)c2)nnc1-c1ccc(Cl)cc1. The molecule has 0 unspecified atom stereocenters. The maximum absolute atomic E-state index is 12.0. The van der Waals surface area contributed by atoms with Gasteiger partial charge in [0.05, 0.1) is 12.0 Å². The van der Waals surface area contributed by atoms with Crippen molar-refractivity contribution in [1.82, 2.24) is 20.2 Å². The van der Waals surface area contributed by atoms with Crippen LogP contribution in [0.2, 0.25) is 10.0 Å². The Morgan fingerprint density at radius 3 is 2.68 bits per heavy atom. The van der Waals surface area contributed by atoms with Gasteiger partial charge in [-0.3, -0.25) is 4.79 Å². The lowest BCUT2D eigenvalue weighted by molar-refractivity contribution is -0.118. The van der Waals surface area contributed by atoms with Crippen LogP contribution in [0.1, 0.15) is 12.5 Å². The van der Waals surface area contributed by atoms with Crippen LogP contribution in [0, 0.1) is 0 Å². The average Bonchev–Trinajstić information content (AvgIpc) is 3.10. The first-order valence-corrected chi connectivity index (χ1v) is 10.2. The van der Waals surface area contributed by atoms with Crippen molar-refractivity contribution >= 4 is 47.1 Å². The zero-order chi connectivity index (χ0) is 19.9. The van der Waals surface area contributed by atoms with E-state index in [1.807, 2.05) is 47.9 Å². The molecule has 0 spiro atoms. The van der Waals surface area contributed by atoms with Crippen molar-refractivity contribution in [3.63, 3.8) is 0 Å². The van der Waals surface area contributed by atoms with Crippen molar-refractivity contribution in [2.24, 2.45) is 5.10 Å². The molecule has 3 aromatic rings. The minimum Gasteiger partial charge on any atom is -0.302 e. The van der Waals surface area contributed by atoms with Crippen molar-refractivity contribution < 1.29 is 4.79 Å². The van der Waals surface area contributed by atoms with Gasteiger partial charge in [0, 0.05) is 22.2 Å². The number of benzene rings is 2. The molecule has 1 aromatic heterocycles. The van der Waals surface area contributed by atoms with E-state index in [2.05, 4.69) is 20.7 Å². The summed E-state index contributed by atoms with van der Waals surface area (Å²) in [6.45, 7) is 2.68. The van der Waals surface area contributed by atoms with Gasteiger partial charge in [0.1, 0.15) is 0 Å². The van der Waals surface area contributed by atoms with Crippen molar-refractivity contribution in [2.45, 2.75) is 18.6 Å². The Labute approximate surface area is 177 Å². The van der Waals surface area contributed by atoms with Crippen LogP contribution in [0.3, 0.4) is 0 Å². The summed E-state index contributed by atoms with van der Waals surface area (Å²) in [5.74, 6) is 0.675. The molecule has 1 N–H and O–H groups in total. The molecule has 9 heteroatoms. The van der Waals surface area contributed by atoms with Gasteiger partial charge in [0.15, 0.2) is 11.0 Å². The fourth-order valence-electron chi connectivity index (χ4n) is 2.42. The normalized spacial score (nSPS) is 11.1. The van der Waals surface area contributed by atoms with Crippen LogP contribution in [0.25, 0.3) is 11.4 Å². The predicted molar refractivity (Wildman–Crippen MR) is 114 cm³/mol. The Kier molecular flexibility index (Phi) is 7.08. The summed E-state index contributed by atoms with van der Waals surface area (Å²) in [6.07, 6.45) is 1.54. The molecule has 6 nitrogen and oxygen atoms in total. The van der Waals surface area contributed by atoms with Crippen LogP contribution < -0.4 is 5.43 Å². The molecule has 2 aromatic carbocycles. The van der Waals surface area contributed by atoms with Crippen LogP contribution in [0.4, 0.5) is 0 Å². The Balaban J connectivity index is 1.59. The summed E-state index contributed by atoms with van der Waals surface area (Å²) < 4.78 is 1.95. The summed E-state index contributed by atoms with van der Waals surface area (Å²) >= 11 is 13.2. The highest BCUT2D eigenvalue weighted by Gasteiger charge is 2.14. The number of carbonyl (C=O) groups excluding carboxylic acids is 1. The van der Waals surface area contributed by atoms with Gasteiger partial charge in [-0.05, 0) is 48.9 Å². The first-order chi connectivity index (χ1) is 13.6. The van der Waals surface area contributed by atoms with E-state index in [4.69, 9.17) is 23.2 Å². The van der Waals surface area contributed by atoms with Gasteiger partial charge in [0.25, 0.3) is 5.91 Å². The molecule has 0 saturated carbocycles. The zero-order valence-electron chi connectivity index (χ0n) is 15.0. The number of hydrogen-bond donors (Lipinski definition) is 1. The van der Waals surface area contributed by atoms with E-state index in [9.17, 15) is 4.79 Å². The van der Waals surface area contributed by atoms with Gasteiger partial charge in [-0.1, -0.05) is 47.1 Å². The number of hydrogen-bond acceptors (Lipinski definition) is 5. The number of carbonyl (C=O) groups is 1. The van der Waals surface area contributed by atoms with E-state index in [0.717, 1.165) is 17.0 Å². The molecule has 28 heavy (non-hydrogen) atoms. The van der Waals surface area contributed by atoms with Gasteiger partial charge < -0.3 is 4.57 Å². The lowest BCUT2D eigenvalue weighted by Gasteiger charge is -2.07. The van der Waals surface area contributed by atoms with E-state index in [0.29, 0.717) is 21.7 Å². The maximum atomic E-state index is 12.0. The fraction of sp³-hybridized carbons (Fsp3) is 0.158. The molecule has 0 fully saturated rings. The molecule has 0 atom stereocenters. The minimum absolute atomic E-state index is 0.172. The van der Waals surface area contributed by atoms with Crippen molar-refractivity contribution in [3.8, 4) is 11.4 Å². The van der Waals surface area contributed by atoms with Crippen LogP contribution >= 0.6 is 35.0 Å². The molecule has 0 radical (unpaired) electrons. The lowest BCUT2D eigenvalue weighted by Crippen LogP contribution is -2.20. The maximum Gasteiger partial charge on any atom is 0.250 e. The number of amides is 1. The van der Waals surface area contributed by atoms with Crippen LogP contribution in [0.15, 0.2) is 58.8 Å². The molecule has 0 aliphatic carbocycles. The Hall–Kier alpha value is -2.35. The largest absolute Gasteiger partial charge is 0.302 e. The molecular formula is C19H17Cl2N5OS. The number of nitrogens with zero attached hydrogens (tertiary/aromatic N) is 4. The first kappa shape index (κ1) is 20.4. The van der Waals surface area contributed by atoms with Crippen LogP contribution in [-0.4, -0.2) is 32.6 Å². The van der Waals surface area contributed by atoms with Crippen molar-refractivity contribution in [2.75, 3.05) is 5.75 Å². The van der Waals surface area contributed by atoms with E-state index >= 15 is 0 Å². The lowest BCUT2D eigenvalue weighted by atomic mass is 10.2. The van der Waals surface area contributed by atoms with E-state index in [1.54, 1.807) is 18.3 Å². The second-order valence-electron chi connectivity index (χ2n) is 5.69. The number of halogens is 2. The first-order valence-electron chi connectivity index (χ1n) is 8.46. The van der Waals surface area contributed by atoms with E-state index in [1.165, 1.54) is 11.8 Å². The van der Waals surface area contributed by atoms with Gasteiger partial charge in [-0.15, -0.1) is 10.2 Å². The summed E-state index contributed by atoms with van der Waals surface area (Å²) in [4.78, 5) is 12.0. The van der Waals surface area contributed by atoms with Crippen molar-refractivity contribution in [3.05, 3.63) is 64.1 Å². The third kappa shape index (κ3) is 5.34. The number of aromatic nitrogens is 3. The smallest absolute Gasteiger partial charge is 0.250 e. The second kappa shape index (κ2) is 9.73. The zero-order valence-corrected chi connectivity index (χ0v) is 17.3. The van der Waals surface area contributed by atoms with Gasteiger partial charge in [0.2, 0.25) is 0 Å². The number of thioether (sulfide) groups is 1. The molecule has 0 aliphatic heterocycles. The molecule has 1 heterocycles. The molecule has 0 aliphatic rings. The van der Waals surface area contributed by atoms with Gasteiger partial charge in [-0.2, -0.15) is 5.10 Å². The molecular weight excluding hydrogens is 417 g/mol. The van der Waals surface area contributed by atoms with E-state index < -0.39 is 0 Å². The Bertz CT molecular complexity index is 988. The average molecular weight is 434 g/mol. The summed E-state index contributed by atoms with van der Waals surface area (Å²) in [5.41, 5.74) is 4.22. The molecule has 0 saturated heterocycles. The minimum atomic E-state index is -0.234. The standard InChI is InChI=1S/C19H17Cl2N5OS/c1-2-26-18(14-6-8-15(20)9-7-14)24-25-19(26)28-12-17(27)23-22-11-13-4-3-5-16(21)10-13/h3-11H,2,12H2,1H3,(H,23,27). The molecule has 3 rings (SSSR count). The van der Waals surface area contributed by atoms with Crippen molar-refractivity contribution in [1.29, 1.82) is 0 Å². The van der Waals surface area contributed by atoms with Gasteiger partial charge in [-0.25, -0.2) is 5.43 Å². The number of hydrazone groups is 1. The topological polar surface area (TPSA) is 72.2 Å². The number of nitrogens with one attached hydrogen (secondary N) is 1. The Morgan fingerprint density at radius 1 is 1.18 bits per heavy atom. The highest BCUT2D eigenvalue weighted by molar-refractivity contribution is 7.99. The summed E-state index contributed by atoms with van der Waals surface area (Å²) in [5, 5.41) is 14.3. The fourth-order valence-corrected chi connectivity index (χ4v) is 3.54. The van der Waals surface area contributed by atoms with Crippen LogP contribution in [-0.2, 0) is 11.3 Å². The third-order valence-electron chi connectivity index (χ3n) is 3.72. The quantitative estimate of drug-likeness (QED) is 0.337. The highest BCUT2D eigenvalue weighted by atomic mass is 35.5. The molecule has 0 bridgehead atoms. The second-order valence-corrected chi connectivity index (χ2v) is 7.51. The third-order valence-corrected chi connectivity index (χ3v) is 5.17. The number of rotatable bonds is 7. The van der Waals surface area contributed by atoms with Crippen LogP contribution in [0.5, 0.6) is 0 Å². The van der Waals surface area contributed by atoms with E-state index in [-0.39, 0.29) is 11.7 Å². The highest BCUT2D eigenvalue weighted by Crippen LogP contribution is 2.25. The predicted octanol–water partition coefficient (Wildman–Crippen LogP) is 4.51. The summed E-state index contributed by atoms with van der Waals surface area (Å²) in [6, 6.07) is 14.6. The summed E-state index contributed by atoms with van der Waals surface area (Å²) in [7, 11) is 0. The Morgan fingerprint density at radius 2 is 1.96 bits per heavy atom. The molecule has 1 amide bonds. The monoisotopic (exact) mass is 433 g/mol.